The fourth-order valence-electron chi connectivity index (χ4n) is 1.70. The van der Waals surface area contributed by atoms with Crippen molar-refractivity contribution in [2.75, 3.05) is 0 Å². The highest BCUT2D eigenvalue weighted by atomic mass is 16.4. The monoisotopic (exact) mass is 199 g/mol. The molecule has 0 rings (SSSR count). The minimum Gasteiger partial charge on any atom is -0.411 e. The molecule has 0 aromatic carbocycles. The Bertz CT molecular complexity index is 124. The SMILES string of the molecule is CCCCCC(/C=N/O)CCCCC. The van der Waals surface area contributed by atoms with Crippen LogP contribution in [0, 0.1) is 5.92 Å². The summed E-state index contributed by atoms with van der Waals surface area (Å²) in [4.78, 5) is 0. The van der Waals surface area contributed by atoms with Crippen LogP contribution in [-0.4, -0.2) is 11.4 Å². The number of rotatable bonds is 9. The molecule has 0 unspecified atom stereocenters. The van der Waals surface area contributed by atoms with E-state index in [0.29, 0.717) is 5.92 Å². The lowest BCUT2D eigenvalue weighted by Crippen LogP contribution is -2.02. The van der Waals surface area contributed by atoms with E-state index < -0.39 is 0 Å². The van der Waals surface area contributed by atoms with Crippen LogP contribution in [0.4, 0.5) is 0 Å². The zero-order valence-corrected chi connectivity index (χ0v) is 9.71. The van der Waals surface area contributed by atoms with Gasteiger partial charge in [0.05, 0.1) is 0 Å². The van der Waals surface area contributed by atoms with Crippen molar-refractivity contribution in [1.82, 2.24) is 0 Å². The third-order valence-corrected chi connectivity index (χ3v) is 2.63. The molecule has 2 nitrogen and oxygen atoms in total. The van der Waals surface area contributed by atoms with Gasteiger partial charge in [-0.3, -0.25) is 0 Å². The molecule has 0 saturated heterocycles. The van der Waals surface area contributed by atoms with Gasteiger partial charge in [-0.1, -0.05) is 52.4 Å². The van der Waals surface area contributed by atoms with Crippen LogP contribution in [0.25, 0.3) is 0 Å². The van der Waals surface area contributed by atoms with Crippen molar-refractivity contribution in [3.63, 3.8) is 0 Å². The summed E-state index contributed by atoms with van der Waals surface area (Å²) in [7, 11) is 0. The van der Waals surface area contributed by atoms with Crippen molar-refractivity contribution in [2.24, 2.45) is 11.1 Å². The van der Waals surface area contributed by atoms with E-state index in [4.69, 9.17) is 5.21 Å². The second-order valence-electron chi connectivity index (χ2n) is 4.02. The standard InChI is InChI=1S/C12H25NO/c1-3-5-7-9-12(11-13-14)10-8-6-4-2/h11-12,14H,3-10H2,1-2H3/b13-11+. The average molecular weight is 199 g/mol. The molecule has 14 heavy (non-hydrogen) atoms. The van der Waals surface area contributed by atoms with Gasteiger partial charge in [0.15, 0.2) is 0 Å². The largest absolute Gasteiger partial charge is 0.411 e. The lowest BCUT2D eigenvalue weighted by molar-refractivity contribution is 0.316. The van der Waals surface area contributed by atoms with Crippen LogP contribution < -0.4 is 0 Å². The van der Waals surface area contributed by atoms with E-state index in [-0.39, 0.29) is 0 Å². The molecule has 2 heteroatoms. The number of nitrogens with zero attached hydrogens (tertiary/aromatic N) is 1. The summed E-state index contributed by atoms with van der Waals surface area (Å²) in [5.74, 6) is 0.498. The van der Waals surface area contributed by atoms with E-state index in [1.54, 1.807) is 6.21 Å². The maximum Gasteiger partial charge on any atom is 0.0466 e. The van der Waals surface area contributed by atoms with Gasteiger partial charge in [-0.2, -0.15) is 0 Å². The fourth-order valence-corrected chi connectivity index (χ4v) is 1.70. The Morgan fingerprint density at radius 1 is 1.00 bits per heavy atom. The van der Waals surface area contributed by atoms with Crippen molar-refractivity contribution in [2.45, 2.75) is 65.2 Å². The van der Waals surface area contributed by atoms with E-state index in [2.05, 4.69) is 19.0 Å². The molecule has 0 atom stereocenters. The number of hydrogen-bond donors (Lipinski definition) is 1. The summed E-state index contributed by atoms with van der Waals surface area (Å²) >= 11 is 0. The summed E-state index contributed by atoms with van der Waals surface area (Å²) in [6, 6.07) is 0. The maximum atomic E-state index is 8.52. The first-order chi connectivity index (χ1) is 6.85. The third-order valence-electron chi connectivity index (χ3n) is 2.63. The van der Waals surface area contributed by atoms with Crippen LogP contribution >= 0.6 is 0 Å². The maximum absolute atomic E-state index is 8.52. The second kappa shape index (κ2) is 10.6. The first-order valence-electron chi connectivity index (χ1n) is 6.02. The Hall–Kier alpha value is -0.530. The Kier molecular flexibility index (Phi) is 10.2. The van der Waals surface area contributed by atoms with Crippen LogP contribution in [0.2, 0.25) is 0 Å². The smallest absolute Gasteiger partial charge is 0.0466 e. The molecule has 0 radical (unpaired) electrons. The summed E-state index contributed by atoms with van der Waals surface area (Å²) < 4.78 is 0. The van der Waals surface area contributed by atoms with Gasteiger partial charge in [-0.05, 0) is 18.8 Å². The summed E-state index contributed by atoms with van der Waals surface area (Å²) in [5, 5.41) is 11.7. The lowest BCUT2D eigenvalue weighted by atomic mass is 9.96. The second-order valence-corrected chi connectivity index (χ2v) is 4.02. The molecule has 0 amide bonds. The van der Waals surface area contributed by atoms with Gasteiger partial charge in [0.1, 0.15) is 0 Å². The number of hydrogen-bond acceptors (Lipinski definition) is 2. The van der Waals surface area contributed by atoms with E-state index in [1.807, 2.05) is 0 Å². The van der Waals surface area contributed by atoms with Crippen LogP contribution in [0.3, 0.4) is 0 Å². The topological polar surface area (TPSA) is 32.6 Å². The van der Waals surface area contributed by atoms with Crippen LogP contribution in [0.5, 0.6) is 0 Å². The predicted octanol–water partition coefficient (Wildman–Crippen LogP) is 4.22. The first-order valence-corrected chi connectivity index (χ1v) is 6.02. The van der Waals surface area contributed by atoms with Crippen LogP contribution in [-0.2, 0) is 0 Å². The molecule has 1 N–H and O–H groups in total. The van der Waals surface area contributed by atoms with E-state index in [0.717, 1.165) is 0 Å². The molecule has 0 aliphatic carbocycles. The van der Waals surface area contributed by atoms with Gasteiger partial charge in [0.2, 0.25) is 0 Å². The quantitative estimate of drug-likeness (QED) is 0.256. The van der Waals surface area contributed by atoms with E-state index >= 15 is 0 Å². The van der Waals surface area contributed by atoms with Crippen molar-refractivity contribution < 1.29 is 5.21 Å². The molecule has 0 aromatic heterocycles. The molecule has 0 heterocycles. The van der Waals surface area contributed by atoms with Crippen molar-refractivity contribution in [3.05, 3.63) is 0 Å². The van der Waals surface area contributed by atoms with Crippen LogP contribution in [0.15, 0.2) is 5.16 Å². The summed E-state index contributed by atoms with van der Waals surface area (Å²) in [5.41, 5.74) is 0. The Morgan fingerprint density at radius 3 is 1.86 bits per heavy atom. The van der Waals surface area contributed by atoms with Gasteiger partial charge in [-0.25, -0.2) is 0 Å². The summed E-state index contributed by atoms with van der Waals surface area (Å²) in [6.07, 6.45) is 11.7. The Balaban J connectivity index is 3.55. The zero-order valence-electron chi connectivity index (χ0n) is 9.71. The van der Waals surface area contributed by atoms with E-state index in [1.165, 1.54) is 51.4 Å². The van der Waals surface area contributed by atoms with Gasteiger partial charge >= 0.3 is 0 Å². The van der Waals surface area contributed by atoms with Gasteiger partial charge in [0.25, 0.3) is 0 Å². The van der Waals surface area contributed by atoms with Crippen molar-refractivity contribution >= 4 is 6.21 Å². The van der Waals surface area contributed by atoms with Gasteiger partial charge in [0, 0.05) is 6.21 Å². The summed E-state index contributed by atoms with van der Waals surface area (Å²) in [6.45, 7) is 4.43. The minimum absolute atomic E-state index is 0.498. The van der Waals surface area contributed by atoms with Gasteiger partial charge in [-0.15, -0.1) is 5.16 Å². The highest BCUT2D eigenvalue weighted by Crippen LogP contribution is 2.15. The number of oxime groups is 1. The normalized spacial score (nSPS) is 11.6. The molecule has 0 spiro atoms. The highest BCUT2D eigenvalue weighted by Gasteiger charge is 2.05. The van der Waals surface area contributed by atoms with Crippen LogP contribution in [0.1, 0.15) is 65.2 Å². The number of unbranched alkanes of at least 4 members (excludes halogenated alkanes) is 4. The Labute approximate surface area is 88.4 Å². The Morgan fingerprint density at radius 2 is 1.50 bits per heavy atom. The van der Waals surface area contributed by atoms with Gasteiger partial charge < -0.3 is 5.21 Å². The zero-order chi connectivity index (χ0) is 10.6. The fraction of sp³-hybridized carbons (Fsp3) is 0.917. The molecule has 0 aliphatic rings. The molecular weight excluding hydrogens is 174 g/mol. The highest BCUT2D eigenvalue weighted by molar-refractivity contribution is 5.59. The lowest BCUT2D eigenvalue weighted by Gasteiger charge is -2.10. The van der Waals surface area contributed by atoms with Crippen molar-refractivity contribution in [1.29, 1.82) is 0 Å². The van der Waals surface area contributed by atoms with E-state index in [9.17, 15) is 0 Å². The molecule has 84 valence electrons. The molecule has 0 bridgehead atoms. The minimum atomic E-state index is 0.498. The third kappa shape index (κ3) is 8.09. The first kappa shape index (κ1) is 13.5. The average Bonchev–Trinajstić information content (AvgIpc) is 2.18. The van der Waals surface area contributed by atoms with Crippen molar-refractivity contribution in [3.8, 4) is 0 Å². The molecule has 0 aliphatic heterocycles. The molecular formula is C12H25NO. The molecule has 0 aromatic rings. The predicted molar refractivity (Wildman–Crippen MR) is 62.1 cm³/mol. The molecule has 0 saturated carbocycles. The molecule has 0 fully saturated rings.